The maximum absolute atomic E-state index is 13.0. The Bertz CT molecular complexity index is 1150. The van der Waals surface area contributed by atoms with Gasteiger partial charge >= 0.3 is 12.1 Å². The number of hydrogen-bond donors (Lipinski definition) is 0. The zero-order valence-electron chi connectivity index (χ0n) is 22.5. The van der Waals surface area contributed by atoms with Crippen molar-refractivity contribution in [1.29, 1.82) is 0 Å². The summed E-state index contributed by atoms with van der Waals surface area (Å²) in [6.45, 7) is 10.0. The van der Waals surface area contributed by atoms with E-state index in [-0.39, 0.29) is 25.0 Å². The van der Waals surface area contributed by atoms with E-state index in [9.17, 15) is 18.0 Å². The highest BCUT2D eigenvalue weighted by molar-refractivity contribution is 5.69. The summed E-state index contributed by atoms with van der Waals surface area (Å²) in [4.78, 5) is 12.1. The second kappa shape index (κ2) is 12.5. The maximum atomic E-state index is 13.0. The first-order valence-electron chi connectivity index (χ1n) is 12.7. The van der Waals surface area contributed by atoms with Crippen LogP contribution in [0.1, 0.15) is 68.3 Å². The first-order chi connectivity index (χ1) is 17.8. The maximum Gasteiger partial charge on any atom is 0.416 e. The van der Waals surface area contributed by atoms with Gasteiger partial charge in [0.05, 0.1) is 31.2 Å². The Kier molecular flexibility index (Phi) is 9.66. The number of ether oxygens (including phenoxy) is 3. The van der Waals surface area contributed by atoms with Crippen LogP contribution in [0.15, 0.2) is 66.7 Å². The minimum atomic E-state index is -4.41. The second-order valence-electron chi connectivity index (χ2n) is 10.3. The fraction of sp³-hybridized carbons (Fsp3) is 0.433. The highest BCUT2D eigenvalue weighted by Gasteiger charge is 2.30. The van der Waals surface area contributed by atoms with Crippen molar-refractivity contribution in [2.45, 2.75) is 71.4 Å². The molecule has 1 aromatic heterocycles. The van der Waals surface area contributed by atoms with Crippen LogP contribution in [-0.2, 0) is 20.4 Å². The Labute approximate surface area is 222 Å². The number of hydrogen-bond acceptors (Lipinski definition) is 4. The van der Waals surface area contributed by atoms with Crippen LogP contribution in [0.2, 0.25) is 0 Å². The highest BCUT2D eigenvalue weighted by Crippen LogP contribution is 2.34. The van der Waals surface area contributed by atoms with Gasteiger partial charge < -0.3 is 18.8 Å². The molecule has 206 valence electrons. The summed E-state index contributed by atoms with van der Waals surface area (Å²) in [6.07, 6.45) is -4.23. The van der Waals surface area contributed by atoms with Crippen LogP contribution in [0, 0.1) is 13.8 Å². The SMILES string of the molecule is Cc1ccc(C)n1[C@@H](COCCC(=O)OC(C)(C)C)C[C@@H](Oc1ccc(C(F)(F)F)cc1)c1ccccc1. The summed E-state index contributed by atoms with van der Waals surface area (Å²) in [5, 5.41) is 0. The van der Waals surface area contributed by atoms with Crippen molar-refractivity contribution in [3.05, 3.63) is 89.2 Å². The molecule has 3 rings (SSSR count). The number of aromatic nitrogens is 1. The first kappa shape index (κ1) is 29.3. The lowest BCUT2D eigenvalue weighted by Crippen LogP contribution is -2.26. The summed E-state index contributed by atoms with van der Waals surface area (Å²) in [5.74, 6) is 0.0209. The van der Waals surface area contributed by atoms with Gasteiger partial charge in [0, 0.05) is 17.8 Å². The molecule has 0 unspecified atom stereocenters. The number of carbonyl (C=O) groups excluding carboxylic acids is 1. The Hall–Kier alpha value is -3.26. The molecule has 0 aliphatic rings. The average molecular weight is 532 g/mol. The Morgan fingerprint density at radius 3 is 2.05 bits per heavy atom. The van der Waals surface area contributed by atoms with Crippen LogP contribution in [0.3, 0.4) is 0 Å². The summed E-state index contributed by atoms with van der Waals surface area (Å²) < 4.78 is 58.9. The number of carbonyl (C=O) groups is 1. The number of halogens is 3. The molecule has 0 amide bonds. The Balaban J connectivity index is 1.79. The predicted molar refractivity (Wildman–Crippen MR) is 140 cm³/mol. The third kappa shape index (κ3) is 8.65. The monoisotopic (exact) mass is 531 g/mol. The number of benzene rings is 2. The van der Waals surface area contributed by atoms with Crippen LogP contribution in [0.5, 0.6) is 5.75 Å². The Morgan fingerprint density at radius 2 is 1.50 bits per heavy atom. The van der Waals surface area contributed by atoms with Crippen molar-refractivity contribution in [3.63, 3.8) is 0 Å². The van der Waals surface area contributed by atoms with Crippen LogP contribution in [0.4, 0.5) is 13.2 Å². The standard InChI is InChI=1S/C30H36F3NO4/c1-21-11-12-22(2)34(21)25(20-36-18-17-28(35)38-29(3,4)5)19-27(23-9-7-6-8-10-23)37-26-15-13-24(14-16-26)30(31,32)33/h6-16,25,27H,17-20H2,1-5H3/t25-,27-/m1/s1. The van der Waals surface area contributed by atoms with Crippen LogP contribution in [0.25, 0.3) is 0 Å². The predicted octanol–water partition coefficient (Wildman–Crippen LogP) is 7.62. The van der Waals surface area contributed by atoms with Gasteiger partial charge in [-0.15, -0.1) is 0 Å². The number of rotatable bonds is 11. The quantitative estimate of drug-likeness (QED) is 0.189. The zero-order chi connectivity index (χ0) is 27.9. The van der Waals surface area contributed by atoms with Gasteiger partial charge in [0.2, 0.25) is 0 Å². The fourth-order valence-electron chi connectivity index (χ4n) is 4.33. The van der Waals surface area contributed by atoms with E-state index in [4.69, 9.17) is 14.2 Å². The van der Waals surface area contributed by atoms with Gasteiger partial charge in [-0.2, -0.15) is 13.2 Å². The zero-order valence-corrected chi connectivity index (χ0v) is 22.5. The topological polar surface area (TPSA) is 49.7 Å². The first-order valence-corrected chi connectivity index (χ1v) is 12.7. The molecule has 0 N–H and O–H groups in total. The minimum Gasteiger partial charge on any atom is -0.486 e. The molecule has 0 fully saturated rings. The molecule has 0 aliphatic heterocycles. The lowest BCUT2D eigenvalue weighted by Gasteiger charge is -2.28. The molecule has 8 heteroatoms. The number of alkyl halides is 3. The minimum absolute atomic E-state index is 0.137. The number of esters is 1. The highest BCUT2D eigenvalue weighted by atomic mass is 19.4. The summed E-state index contributed by atoms with van der Waals surface area (Å²) in [6, 6.07) is 18.2. The van der Waals surface area contributed by atoms with E-state index in [0.717, 1.165) is 29.1 Å². The molecular formula is C30H36F3NO4. The van der Waals surface area contributed by atoms with Crippen molar-refractivity contribution in [2.24, 2.45) is 0 Å². The van der Waals surface area contributed by atoms with E-state index >= 15 is 0 Å². The van der Waals surface area contributed by atoms with Crippen molar-refractivity contribution in [3.8, 4) is 5.75 Å². The lowest BCUT2D eigenvalue weighted by atomic mass is 10.0. The van der Waals surface area contributed by atoms with E-state index in [0.29, 0.717) is 18.8 Å². The molecule has 0 bridgehead atoms. The molecule has 0 saturated heterocycles. The smallest absolute Gasteiger partial charge is 0.416 e. The van der Waals surface area contributed by atoms with Gasteiger partial charge in [-0.3, -0.25) is 4.79 Å². The van der Waals surface area contributed by atoms with Crippen molar-refractivity contribution in [2.75, 3.05) is 13.2 Å². The van der Waals surface area contributed by atoms with E-state index in [2.05, 4.69) is 4.57 Å². The fourth-order valence-corrected chi connectivity index (χ4v) is 4.33. The van der Waals surface area contributed by atoms with Crippen molar-refractivity contribution in [1.82, 2.24) is 4.57 Å². The van der Waals surface area contributed by atoms with E-state index in [1.165, 1.54) is 12.1 Å². The van der Waals surface area contributed by atoms with Crippen LogP contribution < -0.4 is 4.74 Å². The molecule has 2 atom stereocenters. The molecule has 2 aromatic carbocycles. The number of nitrogens with zero attached hydrogens (tertiary/aromatic N) is 1. The molecule has 0 aliphatic carbocycles. The van der Waals surface area contributed by atoms with E-state index < -0.39 is 23.4 Å². The average Bonchev–Trinajstić information content (AvgIpc) is 3.17. The van der Waals surface area contributed by atoms with Gasteiger partial charge in [-0.1, -0.05) is 30.3 Å². The van der Waals surface area contributed by atoms with Gasteiger partial charge in [0.25, 0.3) is 0 Å². The van der Waals surface area contributed by atoms with Gasteiger partial charge in [-0.05, 0) is 76.6 Å². The molecule has 38 heavy (non-hydrogen) atoms. The third-order valence-corrected chi connectivity index (χ3v) is 5.99. The normalized spacial score (nSPS) is 13.7. The van der Waals surface area contributed by atoms with Crippen LogP contribution in [-0.4, -0.2) is 29.4 Å². The molecule has 3 aromatic rings. The summed E-state index contributed by atoms with van der Waals surface area (Å²) >= 11 is 0. The number of aryl methyl sites for hydroxylation is 2. The van der Waals surface area contributed by atoms with Crippen LogP contribution >= 0.6 is 0 Å². The molecule has 0 radical (unpaired) electrons. The molecule has 0 saturated carbocycles. The molecule has 0 spiro atoms. The second-order valence-corrected chi connectivity index (χ2v) is 10.3. The van der Waals surface area contributed by atoms with Gasteiger partial charge in [0.1, 0.15) is 17.5 Å². The summed E-state index contributed by atoms with van der Waals surface area (Å²) in [7, 11) is 0. The van der Waals surface area contributed by atoms with Crippen molar-refractivity contribution < 1.29 is 32.2 Å². The summed E-state index contributed by atoms with van der Waals surface area (Å²) in [5.41, 5.74) is 1.70. The van der Waals surface area contributed by atoms with Crippen molar-refractivity contribution >= 4 is 5.97 Å². The van der Waals surface area contributed by atoms with Gasteiger partial charge in [-0.25, -0.2) is 0 Å². The Morgan fingerprint density at radius 1 is 0.895 bits per heavy atom. The lowest BCUT2D eigenvalue weighted by molar-refractivity contribution is -0.156. The molecule has 1 heterocycles. The molecular weight excluding hydrogens is 495 g/mol. The third-order valence-electron chi connectivity index (χ3n) is 5.99. The van der Waals surface area contributed by atoms with E-state index in [1.807, 2.05) is 77.1 Å². The van der Waals surface area contributed by atoms with Gasteiger partial charge in [0.15, 0.2) is 0 Å². The van der Waals surface area contributed by atoms with E-state index in [1.54, 1.807) is 0 Å². The largest absolute Gasteiger partial charge is 0.486 e. The molecule has 5 nitrogen and oxygen atoms in total.